The summed E-state index contributed by atoms with van der Waals surface area (Å²) in [5, 5.41) is 2.89. The Labute approximate surface area is 311 Å². The number of amides is 1. The molecule has 0 fully saturated rings. The van der Waals surface area contributed by atoms with E-state index in [2.05, 4.69) is 17.4 Å². The van der Waals surface area contributed by atoms with Gasteiger partial charge in [0, 0.05) is 40.1 Å². The topological polar surface area (TPSA) is 141 Å². The molecule has 0 bridgehead atoms. The van der Waals surface area contributed by atoms with E-state index in [1.807, 2.05) is 63.2 Å². The van der Waals surface area contributed by atoms with Crippen LogP contribution in [0.5, 0.6) is 23.0 Å². The van der Waals surface area contributed by atoms with Crippen molar-refractivity contribution in [3.8, 4) is 34.1 Å². The van der Waals surface area contributed by atoms with E-state index in [9.17, 15) is 23.9 Å². The quantitative estimate of drug-likeness (QED) is 0.103. The first-order valence-corrected chi connectivity index (χ1v) is 18.7. The average Bonchev–Trinajstić information content (AvgIpc) is 3.42. The highest BCUT2D eigenvalue weighted by Crippen LogP contribution is 2.57. The van der Waals surface area contributed by atoms with Crippen LogP contribution in [-0.4, -0.2) is 21.7 Å². The number of rotatable bonds is 8. The summed E-state index contributed by atoms with van der Waals surface area (Å²) in [6.45, 7) is 6.44. The maximum Gasteiger partial charge on any atom is 0.524 e. The number of esters is 1. The van der Waals surface area contributed by atoms with E-state index in [1.54, 1.807) is 54.6 Å². The number of phosphoric ester groups is 1. The summed E-state index contributed by atoms with van der Waals surface area (Å²) in [6.07, 6.45) is 0. The van der Waals surface area contributed by atoms with Crippen LogP contribution in [0.1, 0.15) is 59.7 Å². The SMILES string of the molecule is Cc1cc(C)c(COc2ccc3c(c2)Oc2cc(OP(=O)(O)O)ccc2C32OC(=O)c3cc(NC(=O)c4ccc(-c5ccccc5)cc4)ccc32)c(C)c1. The van der Waals surface area contributed by atoms with Gasteiger partial charge in [0.1, 0.15) is 29.6 Å². The molecule has 6 aromatic rings. The number of carbonyl (C=O) groups is 2. The zero-order valence-electron chi connectivity index (χ0n) is 29.5. The molecule has 1 amide bonds. The van der Waals surface area contributed by atoms with Crippen LogP contribution in [0, 0.1) is 20.8 Å². The molecular weight excluding hydrogens is 705 g/mol. The Hall–Kier alpha value is -6.19. The Morgan fingerprint density at radius 3 is 2.02 bits per heavy atom. The minimum absolute atomic E-state index is 0.141. The number of fused-ring (bicyclic) bond motifs is 6. The van der Waals surface area contributed by atoms with E-state index in [0.717, 1.165) is 33.4 Å². The zero-order chi connectivity index (χ0) is 37.8. The van der Waals surface area contributed by atoms with Gasteiger partial charge in [0.05, 0.1) is 5.56 Å². The minimum atomic E-state index is -4.90. The first kappa shape index (κ1) is 34.9. The fourth-order valence-corrected chi connectivity index (χ4v) is 7.68. The van der Waals surface area contributed by atoms with Crippen LogP contribution in [0.2, 0.25) is 0 Å². The summed E-state index contributed by atoms with van der Waals surface area (Å²) in [4.78, 5) is 46.1. The molecule has 0 aromatic heterocycles. The predicted octanol–water partition coefficient (Wildman–Crippen LogP) is 9.15. The number of hydrogen-bond donors (Lipinski definition) is 3. The molecule has 1 unspecified atom stereocenters. The van der Waals surface area contributed by atoms with Crippen molar-refractivity contribution in [2.75, 3.05) is 5.32 Å². The van der Waals surface area contributed by atoms with Crippen molar-refractivity contribution in [2.45, 2.75) is 33.0 Å². The molecule has 0 radical (unpaired) electrons. The van der Waals surface area contributed by atoms with Gasteiger partial charge in [0.25, 0.3) is 5.91 Å². The molecule has 3 N–H and O–H groups in total. The Morgan fingerprint density at radius 2 is 1.35 bits per heavy atom. The van der Waals surface area contributed by atoms with E-state index >= 15 is 0 Å². The van der Waals surface area contributed by atoms with Crippen molar-refractivity contribution in [1.29, 1.82) is 0 Å². The second kappa shape index (κ2) is 13.3. The van der Waals surface area contributed by atoms with Gasteiger partial charge in [-0.3, -0.25) is 14.6 Å². The molecular formula is C43H34NO9P. The molecule has 8 rings (SSSR count). The van der Waals surface area contributed by atoms with Crippen LogP contribution in [0.25, 0.3) is 11.1 Å². The molecule has 2 aliphatic heterocycles. The fourth-order valence-electron chi connectivity index (χ4n) is 7.29. The van der Waals surface area contributed by atoms with Gasteiger partial charge in [-0.15, -0.1) is 0 Å². The van der Waals surface area contributed by atoms with Crippen molar-refractivity contribution in [3.05, 3.63) is 171 Å². The van der Waals surface area contributed by atoms with Crippen molar-refractivity contribution in [1.82, 2.24) is 0 Å². The van der Waals surface area contributed by atoms with E-state index in [1.165, 1.54) is 12.1 Å². The molecule has 0 saturated carbocycles. The van der Waals surface area contributed by atoms with Gasteiger partial charge in [-0.05, 0) is 97.1 Å². The lowest BCUT2D eigenvalue weighted by Crippen LogP contribution is -2.33. The zero-order valence-corrected chi connectivity index (χ0v) is 30.3. The van der Waals surface area contributed by atoms with Crippen LogP contribution in [0.15, 0.2) is 121 Å². The third-order valence-corrected chi connectivity index (χ3v) is 10.2. The number of carbonyl (C=O) groups excluding carboxylic acids is 2. The largest absolute Gasteiger partial charge is 0.524 e. The van der Waals surface area contributed by atoms with Crippen molar-refractivity contribution >= 4 is 25.4 Å². The summed E-state index contributed by atoms with van der Waals surface area (Å²) >= 11 is 0. The summed E-state index contributed by atoms with van der Waals surface area (Å²) in [6, 6.07) is 35.8. The standard InChI is InChI=1S/C43H34NO9P/c1-25-19-26(2)35(27(3)20-25)24-50-32-14-17-37-39(22-32)51-40-23-33(53-54(47,48)49)15-18-38(40)43(37)36-16-13-31(21-34(36)42(46)52-43)44-41(45)30-11-9-29(10-12-30)28-7-5-4-6-8-28/h4-23H,24H2,1-3H3,(H,44,45)(H2,47,48,49). The Kier molecular flexibility index (Phi) is 8.62. The highest BCUT2D eigenvalue weighted by Gasteiger charge is 2.54. The van der Waals surface area contributed by atoms with Crippen molar-refractivity contribution < 1.29 is 42.7 Å². The highest BCUT2D eigenvalue weighted by atomic mass is 31.2. The second-order valence-electron chi connectivity index (χ2n) is 13.4. The molecule has 1 spiro atoms. The number of phosphoric acid groups is 1. The van der Waals surface area contributed by atoms with Gasteiger partial charge in [-0.1, -0.05) is 66.2 Å². The molecule has 0 saturated heterocycles. The number of anilines is 1. The van der Waals surface area contributed by atoms with Crippen molar-refractivity contribution in [2.24, 2.45) is 0 Å². The van der Waals surface area contributed by atoms with E-state index in [0.29, 0.717) is 46.0 Å². The predicted molar refractivity (Wildman–Crippen MR) is 202 cm³/mol. The third kappa shape index (κ3) is 6.41. The van der Waals surface area contributed by atoms with Gasteiger partial charge < -0.3 is 24.1 Å². The Balaban J connectivity index is 1.14. The smallest absolute Gasteiger partial charge is 0.489 e. The van der Waals surface area contributed by atoms with E-state index < -0.39 is 19.4 Å². The van der Waals surface area contributed by atoms with Crippen LogP contribution >= 0.6 is 7.82 Å². The molecule has 2 heterocycles. The highest BCUT2D eigenvalue weighted by molar-refractivity contribution is 7.46. The number of ether oxygens (including phenoxy) is 3. The Morgan fingerprint density at radius 1 is 0.741 bits per heavy atom. The monoisotopic (exact) mass is 739 g/mol. The lowest BCUT2D eigenvalue weighted by Gasteiger charge is -2.36. The minimum Gasteiger partial charge on any atom is -0.489 e. The molecule has 6 aromatic carbocycles. The lowest BCUT2D eigenvalue weighted by atomic mass is 9.77. The van der Waals surface area contributed by atoms with Gasteiger partial charge in [0.2, 0.25) is 0 Å². The van der Waals surface area contributed by atoms with Crippen LogP contribution < -0.4 is 19.3 Å². The number of aryl methyl sites for hydroxylation is 3. The van der Waals surface area contributed by atoms with Crippen LogP contribution in [-0.2, 0) is 21.5 Å². The first-order chi connectivity index (χ1) is 25.9. The average molecular weight is 740 g/mol. The van der Waals surface area contributed by atoms with Crippen LogP contribution in [0.3, 0.4) is 0 Å². The maximum absolute atomic E-state index is 13.8. The van der Waals surface area contributed by atoms with E-state index in [-0.39, 0.29) is 23.0 Å². The maximum atomic E-state index is 13.8. The lowest BCUT2D eigenvalue weighted by molar-refractivity contribution is 0.0224. The van der Waals surface area contributed by atoms with Gasteiger partial charge in [-0.2, -0.15) is 0 Å². The molecule has 11 heteroatoms. The summed E-state index contributed by atoms with van der Waals surface area (Å²) in [5.74, 6) is -0.158. The number of nitrogens with one attached hydrogen (secondary N) is 1. The van der Waals surface area contributed by atoms with Gasteiger partial charge >= 0.3 is 13.8 Å². The fraction of sp³-hybridized carbons (Fsp3) is 0.116. The summed E-state index contributed by atoms with van der Waals surface area (Å²) in [5.41, 5.74) is 7.43. The molecule has 0 aliphatic carbocycles. The Bertz CT molecular complexity index is 2510. The molecule has 54 heavy (non-hydrogen) atoms. The summed E-state index contributed by atoms with van der Waals surface area (Å²) < 4.78 is 35.4. The van der Waals surface area contributed by atoms with Gasteiger partial charge in [0.15, 0.2) is 5.60 Å². The van der Waals surface area contributed by atoms with Crippen molar-refractivity contribution in [3.63, 3.8) is 0 Å². The normalized spacial score (nSPS) is 15.4. The number of benzene rings is 6. The molecule has 1 atom stereocenters. The molecule has 10 nitrogen and oxygen atoms in total. The van der Waals surface area contributed by atoms with E-state index in [4.69, 9.17) is 18.7 Å². The van der Waals surface area contributed by atoms with Gasteiger partial charge in [-0.25, -0.2) is 9.36 Å². The first-order valence-electron chi connectivity index (χ1n) is 17.1. The third-order valence-electron chi connectivity index (χ3n) is 9.71. The number of hydrogen-bond acceptors (Lipinski definition) is 7. The molecule has 270 valence electrons. The second-order valence-corrected chi connectivity index (χ2v) is 14.6. The summed E-state index contributed by atoms with van der Waals surface area (Å²) in [7, 11) is -4.90. The molecule has 2 aliphatic rings. The van der Waals surface area contributed by atoms with Crippen LogP contribution in [0.4, 0.5) is 5.69 Å².